The minimum Gasteiger partial charge on any atom is -0.481 e. The SMILES string of the molecule is C=C[C@H](C)C(=O)O. The molecule has 0 aromatic rings. The van der Waals surface area contributed by atoms with Gasteiger partial charge in [-0.2, -0.15) is 0 Å². The van der Waals surface area contributed by atoms with E-state index >= 15 is 0 Å². The second kappa shape index (κ2) is 2.39. The van der Waals surface area contributed by atoms with Crippen molar-refractivity contribution in [2.24, 2.45) is 5.92 Å². The first-order valence-electron chi connectivity index (χ1n) is 2.04. The molecule has 0 unspecified atom stereocenters. The van der Waals surface area contributed by atoms with Gasteiger partial charge in [0.1, 0.15) is 0 Å². The highest BCUT2D eigenvalue weighted by Gasteiger charge is 2.02. The van der Waals surface area contributed by atoms with Crippen LogP contribution in [0, 0.1) is 5.92 Å². The van der Waals surface area contributed by atoms with Gasteiger partial charge in [0, 0.05) is 0 Å². The Morgan fingerprint density at radius 1 is 2.00 bits per heavy atom. The topological polar surface area (TPSA) is 37.3 Å². The standard InChI is InChI=1S/C5H8O2/c1-3-4(2)5(6)7/h3-4H,1H2,2H3,(H,6,7)/t4-/m0/s1. The molecule has 0 saturated carbocycles. The Morgan fingerprint density at radius 3 is 2.43 bits per heavy atom. The summed E-state index contributed by atoms with van der Waals surface area (Å²) in [7, 11) is 0. The second-order valence-corrected chi connectivity index (χ2v) is 1.36. The lowest BCUT2D eigenvalue weighted by atomic mass is 10.2. The second-order valence-electron chi connectivity index (χ2n) is 1.36. The predicted octanol–water partition coefficient (Wildman–Crippen LogP) is 0.893. The van der Waals surface area contributed by atoms with Crippen molar-refractivity contribution in [3.05, 3.63) is 12.7 Å². The molecule has 0 aromatic heterocycles. The van der Waals surface area contributed by atoms with Crippen LogP contribution < -0.4 is 0 Å². The van der Waals surface area contributed by atoms with Gasteiger partial charge in [-0.05, 0) is 6.92 Å². The number of hydrogen-bond acceptors (Lipinski definition) is 1. The molecule has 0 heterocycles. The highest BCUT2D eigenvalue weighted by molar-refractivity contribution is 5.71. The smallest absolute Gasteiger partial charge is 0.310 e. The summed E-state index contributed by atoms with van der Waals surface area (Å²) in [5.74, 6) is -1.24. The zero-order chi connectivity index (χ0) is 5.86. The molecule has 1 N–H and O–H groups in total. The average Bonchev–Trinajstić information content (AvgIpc) is 1.65. The molecule has 0 spiro atoms. The fraction of sp³-hybridized carbons (Fsp3) is 0.400. The van der Waals surface area contributed by atoms with Crippen LogP contribution in [0.15, 0.2) is 12.7 Å². The molecule has 2 heteroatoms. The van der Waals surface area contributed by atoms with Gasteiger partial charge in [0.2, 0.25) is 0 Å². The van der Waals surface area contributed by atoms with Crippen molar-refractivity contribution in [3.63, 3.8) is 0 Å². The van der Waals surface area contributed by atoms with E-state index < -0.39 is 11.9 Å². The lowest BCUT2D eigenvalue weighted by Crippen LogP contribution is -2.04. The molecule has 40 valence electrons. The number of carboxylic acids is 1. The number of carboxylic acid groups (broad SMARTS) is 1. The summed E-state index contributed by atoms with van der Waals surface area (Å²) in [6, 6.07) is 0. The molecule has 0 radical (unpaired) electrons. The van der Waals surface area contributed by atoms with Crippen molar-refractivity contribution in [1.29, 1.82) is 0 Å². The van der Waals surface area contributed by atoms with Crippen molar-refractivity contribution in [1.82, 2.24) is 0 Å². The van der Waals surface area contributed by atoms with Crippen LogP contribution in [0.25, 0.3) is 0 Å². The van der Waals surface area contributed by atoms with Crippen molar-refractivity contribution >= 4 is 5.97 Å². The quantitative estimate of drug-likeness (QED) is 0.523. The van der Waals surface area contributed by atoms with Crippen LogP contribution in [-0.4, -0.2) is 11.1 Å². The Labute approximate surface area is 42.5 Å². The van der Waals surface area contributed by atoms with E-state index in [0.717, 1.165) is 0 Å². The van der Waals surface area contributed by atoms with Crippen LogP contribution in [-0.2, 0) is 4.79 Å². The van der Waals surface area contributed by atoms with E-state index in [-0.39, 0.29) is 0 Å². The molecule has 0 saturated heterocycles. The summed E-state index contributed by atoms with van der Waals surface area (Å²) in [6.07, 6.45) is 1.39. The van der Waals surface area contributed by atoms with Crippen LogP contribution in [0.4, 0.5) is 0 Å². The van der Waals surface area contributed by atoms with E-state index in [4.69, 9.17) is 5.11 Å². The van der Waals surface area contributed by atoms with Crippen LogP contribution >= 0.6 is 0 Å². The molecular weight excluding hydrogens is 92.1 g/mol. The zero-order valence-electron chi connectivity index (χ0n) is 4.22. The molecule has 0 aliphatic rings. The average molecular weight is 100 g/mol. The molecule has 0 rings (SSSR count). The van der Waals surface area contributed by atoms with Gasteiger partial charge in [-0.3, -0.25) is 4.79 Å². The van der Waals surface area contributed by atoms with Crippen LogP contribution in [0.5, 0.6) is 0 Å². The highest BCUT2D eigenvalue weighted by atomic mass is 16.4. The molecule has 0 bridgehead atoms. The first-order chi connectivity index (χ1) is 3.18. The molecule has 2 nitrogen and oxygen atoms in total. The van der Waals surface area contributed by atoms with Gasteiger partial charge >= 0.3 is 5.97 Å². The third-order valence-corrected chi connectivity index (χ3v) is 0.743. The summed E-state index contributed by atoms with van der Waals surface area (Å²) in [4.78, 5) is 9.86. The molecular formula is C5H8O2. The fourth-order valence-electron chi connectivity index (χ4n) is 0.101. The van der Waals surface area contributed by atoms with Gasteiger partial charge in [-0.15, -0.1) is 6.58 Å². The number of aliphatic carboxylic acids is 1. The Kier molecular flexibility index (Phi) is 2.12. The number of rotatable bonds is 2. The Hall–Kier alpha value is -0.790. The van der Waals surface area contributed by atoms with Gasteiger partial charge in [-0.25, -0.2) is 0 Å². The summed E-state index contributed by atoms with van der Waals surface area (Å²) < 4.78 is 0. The Balaban J connectivity index is 3.55. The maximum Gasteiger partial charge on any atom is 0.310 e. The molecule has 0 amide bonds. The normalized spacial score (nSPS) is 12.7. The van der Waals surface area contributed by atoms with Crippen molar-refractivity contribution in [3.8, 4) is 0 Å². The van der Waals surface area contributed by atoms with E-state index in [0.29, 0.717) is 0 Å². The van der Waals surface area contributed by atoms with Crippen LogP contribution in [0.2, 0.25) is 0 Å². The van der Waals surface area contributed by atoms with Gasteiger partial charge in [0.25, 0.3) is 0 Å². The van der Waals surface area contributed by atoms with Gasteiger partial charge in [0.15, 0.2) is 0 Å². The molecule has 0 aliphatic heterocycles. The summed E-state index contributed by atoms with van der Waals surface area (Å²) in [5, 5.41) is 8.11. The lowest BCUT2D eigenvalue weighted by molar-refractivity contribution is -0.139. The van der Waals surface area contributed by atoms with Gasteiger partial charge in [0.05, 0.1) is 5.92 Å². The third kappa shape index (κ3) is 1.98. The maximum atomic E-state index is 9.86. The van der Waals surface area contributed by atoms with Crippen LogP contribution in [0.1, 0.15) is 6.92 Å². The first-order valence-corrected chi connectivity index (χ1v) is 2.04. The van der Waals surface area contributed by atoms with E-state index in [1.54, 1.807) is 6.92 Å². The molecule has 1 atom stereocenters. The highest BCUT2D eigenvalue weighted by Crippen LogP contribution is 1.92. The van der Waals surface area contributed by atoms with Crippen molar-refractivity contribution in [2.45, 2.75) is 6.92 Å². The number of hydrogen-bond donors (Lipinski definition) is 1. The molecule has 7 heavy (non-hydrogen) atoms. The van der Waals surface area contributed by atoms with E-state index in [1.165, 1.54) is 6.08 Å². The third-order valence-electron chi connectivity index (χ3n) is 0.743. The molecule has 0 aliphatic carbocycles. The summed E-state index contributed by atoms with van der Waals surface area (Å²) >= 11 is 0. The maximum absolute atomic E-state index is 9.86. The fourth-order valence-corrected chi connectivity index (χ4v) is 0.101. The minimum absolute atomic E-state index is 0.417. The lowest BCUT2D eigenvalue weighted by Gasteiger charge is -1.92. The minimum atomic E-state index is -0.824. The van der Waals surface area contributed by atoms with Crippen LogP contribution in [0.3, 0.4) is 0 Å². The van der Waals surface area contributed by atoms with Gasteiger partial charge < -0.3 is 5.11 Å². The monoisotopic (exact) mass is 100 g/mol. The number of carbonyl (C=O) groups is 1. The predicted molar refractivity (Wildman–Crippen MR) is 27.0 cm³/mol. The zero-order valence-corrected chi connectivity index (χ0v) is 4.22. The summed E-state index contributed by atoms with van der Waals surface area (Å²) in [5.41, 5.74) is 0. The van der Waals surface area contributed by atoms with E-state index in [2.05, 4.69) is 6.58 Å². The Morgan fingerprint density at radius 2 is 2.43 bits per heavy atom. The Bertz CT molecular complexity index is 86.1. The van der Waals surface area contributed by atoms with E-state index in [9.17, 15) is 4.79 Å². The first kappa shape index (κ1) is 6.21. The largest absolute Gasteiger partial charge is 0.481 e. The molecule has 0 aromatic carbocycles. The molecule has 0 fully saturated rings. The van der Waals surface area contributed by atoms with Crippen molar-refractivity contribution in [2.75, 3.05) is 0 Å². The van der Waals surface area contributed by atoms with Crippen molar-refractivity contribution < 1.29 is 9.90 Å². The summed E-state index contributed by atoms with van der Waals surface area (Å²) in [6.45, 7) is 4.88. The van der Waals surface area contributed by atoms with Gasteiger partial charge in [-0.1, -0.05) is 6.08 Å². The van der Waals surface area contributed by atoms with E-state index in [1.807, 2.05) is 0 Å².